The van der Waals surface area contributed by atoms with Crippen molar-refractivity contribution >= 4 is 39.0 Å². The van der Waals surface area contributed by atoms with E-state index in [9.17, 15) is 0 Å². The number of nitrogens with one attached hydrogen (secondary N) is 2. The highest BCUT2D eigenvalue weighted by Gasteiger charge is 2.16. The second-order valence-corrected chi connectivity index (χ2v) is 7.33. The zero-order chi connectivity index (χ0) is 17.6. The molecule has 0 saturated carbocycles. The Balaban J connectivity index is 1.80. The fourth-order valence-electron chi connectivity index (χ4n) is 2.85. The van der Waals surface area contributed by atoms with Crippen LogP contribution in [0, 0.1) is 20.8 Å². The Morgan fingerprint density at radius 1 is 1.24 bits per heavy atom. The van der Waals surface area contributed by atoms with Crippen molar-refractivity contribution in [3.63, 3.8) is 0 Å². The van der Waals surface area contributed by atoms with Gasteiger partial charge in [0.1, 0.15) is 23.1 Å². The average molecular weight is 373 g/mol. The molecule has 0 radical (unpaired) electrons. The quantitative estimate of drug-likeness (QED) is 0.732. The molecule has 0 fully saturated rings. The minimum Gasteiger partial charge on any atom is -0.366 e. The molecule has 0 aliphatic carbocycles. The number of halogens is 1. The molecule has 0 aromatic carbocycles. The molecule has 6 nitrogen and oxygen atoms in total. The first kappa shape index (κ1) is 16.2. The standard InChI is InChI=1S/C17H17ClN6S/c1-8-12-14-15(25-17(12)24-9(2)13(8)18)16(23-7-22-14)21-6-11-4-19-10(3)20-5-11/h4-5,21,23H,6-7H2,1-3H3. The maximum absolute atomic E-state index is 6.39. The van der Waals surface area contributed by atoms with E-state index in [2.05, 4.69) is 30.6 Å². The van der Waals surface area contributed by atoms with Gasteiger partial charge in [-0.2, -0.15) is 0 Å². The van der Waals surface area contributed by atoms with Crippen LogP contribution in [-0.2, 0) is 6.54 Å². The van der Waals surface area contributed by atoms with Gasteiger partial charge in [-0.3, -0.25) is 4.99 Å². The number of aromatic nitrogens is 3. The molecule has 4 rings (SSSR count). The van der Waals surface area contributed by atoms with Gasteiger partial charge in [0, 0.05) is 29.9 Å². The molecule has 128 valence electrons. The SMILES string of the molecule is Cc1ncc(CNC2=c3sc4nc(C)c(Cl)c(C)c4c3=NCN2)cn1. The average Bonchev–Trinajstić information content (AvgIpc) is 2.98. The van der Waals surface area contributed by atoms with Crippen LogP contribution in [0.25, 0.3) is 16.0 Å². The molecular weight excluding hydrogens is 356 g/mol. The Morgan fingerprint density at radius 2 is 2.00 bits per heavy atom. The topological polar surface area (TPSA) is 75.1 Å². The van der Waals surface area contributed by atoms with E-state index in [0.29, 0.717) is 18.2 Å². The first-order valence-corrected chi connectivity index (χ1v) is 9.13. The lowest BCUT2D eigenvalue weighted by atomic mass is 10.1. The van der Waals surface area contributed by atoms with Gasteiger partial charge >= 0.3 is 0 Å². The Labute approximate surface area is 153 Å². The van der Waals surface area contributed by atoms with Gasteiger partial charge in [0.25, 0.3) is 0 Å². The fourth-order valence-corrected chi connectivity index (χ4v) is 4.23. The molecule has 3 aromatic heterocycles. The molecule has 3 aromatic rings. The van der Waals surface area contributed by atoms with Crippen molar-refractivity contribution in [1.29, 1.82) is 0 Å². The molecule has 0 amide bonds. The van der Waals surface area contributed by atoms with E-state index in [1.807, 2.05) is 33.2 Å². The summed E-state index contributed by atoms with van der Waals surface area (Å²) in [5, 5.41) is 9.49. The van der Waals surface area contributed by atoms with Crippen molar-refractivity contribution < 1.29 is 0 Å². The van der Waals surface area contributed by atoms with Gasteiger partial charge in [0.2, 0.25) is 0 Å². The molecule has 8 heteroatoms. The lowest BCUT2D eigenvalue weighted by Gasteiger charge is -2.14. The minimum absolute atomic E-state index is 0.524. The molecule has 1 aliphatic rings. The molecule has 25 heavy (non-hydrogen) atoms. The highest BCUT2D eigenvalue weighted by atomic mass is 35.5. The number of hydrogen-bond donors (Lipinski definition) is 2. The molecule has 2 N–H and O–H groups in total. The largest absolute Gasteiger partial charge is 0.366 e. The highest BCUT2D eigenvalue weighted by molar-refractivity contribution is 7.16. The zero-order valence-electron chi connectivity index (χ0n) is 14.1. The van der Waals surface area contributed by atoms with E-state index < -0.39 is 0 Å². The number of aryl methyl sites for hydroxylation is 3. The van der Waals surface area contributed by atoms with E-state index in [-0.39, 0.29) is 0 Å². The molecule has 0 atom stereocenters. The van der Waals surface area contributed by atoms with Crippen molar-refractivity contribution in [2.75, 3.05) is 6.67 Å². The second kappa shape index (κ2) is 6.24. The van der Waals surface area contributed by atoms with Crippen LogP contribution >= 0.6 is 22.9 Å². The Kier molecular flexibility index (Phi) is 4.05. The molecule has 1 aliphatic heterocycles. The molecule has 0 saturated heterocycles. The van der Waals surface area contributed by atoms with Gasteiger partial charge in [-0.25, -0.2) is 15.0 Å². The second-order valence-electron chi connectivity index (χ2n) is 5.96. The Hall–Kier alpha value is -2.25. The summed E-state index contributed by atoms with van der Waals surface area (Å²) in [6, 6.07) is 0. The van der Waals surface area contributed by atoms with Crippen molar-refractivity contribution in [2.45, 2.75) is 27.3 Å². The van der Waals surface area contributed by atoms with Gasteiger partial charge in [-0.05, 0) is 26.3 Å². The third kappa shape index (κ3) is 2.83. The maximum atomic E-state index is 6.39. The third-order valence-corrected chi connectivity index (χ3v) is 5.83. The van der Waals surface area contributed by atoms with Gasteiger partial charge in [0.05, 0.1) is 20.6 Å². The van der Waals surface area contributed by atoms with Gasteiger partial charge in [0.15, 0.2) is 0 Å². The first-order valence-electron chi connectivity index (χ1n) is 7.94. The first-order chi connectivity index (χ1) is 12.0. The van der Waals surface area contributed by atoms with Gasteiger partial charge in [-0.15, -0.1) is 11.3 Å². The number of hydrogen-bond acceptors (Lipinski definition) is 7. The van der Waals surface area contributed by atoms with Crippen LogP contribution in [0.4, 0.5) is 0 Å². The number of fused-ring (bicyclic) bond motifs is 3. The van der Waals surface area contributed by atoms with Crippen LogP contribution in [0.5, 0.6) is 0 Å². The smallest absolute Gasteiger partial charge is 0.126 e. The monoisotopic (exact) mass is 372 g/mol. The van der Waals surface area contributed by atoms with Crippen LogP contribution in [0.2, 0.25) is 5.02 Å². The summed E-state index contributed by atoms with van der Waals surface area (Å²) in [5.41, 5.74) is 2.92. The summed E-state index contributed by atoms with van der Waals surface area (Å²) in [6.07, 6.45) is 3.67. The van der Waals surface area contributed by atoms with Crippen LogP contribution in [0.1, 0.15) is 22.6 Å². The Bertz CT molecular complexity index is 1090. The van der Waals surface area contributed by atoms with E-state index in [1.54, 1.807) is 11.3 Å². The van der Waals surface area contributed by atoms with Crippen molar-refractivity contribution in [2.24, 2.45) is 4.99 Å². The summed E-state index contributed by atoms with van der Waals surface area (Å²) < 4.78 is 1.06. The van der Waals surface area contributed by atoms with Crippen LogP contribution in [0.3, 0.4) is 0 Å². The molecule has 4 heterocycles. The van der Waals surface area contributed by atoms with Crippen LogP contribution in [0.15, 0.2) is 17.4 Å². The Morgan fingerprint density at radius 3 is 2.76 bits per heavy atom. The number of thiophene rings is 1. The van der Waals surface area contributed by atoms with Crippen LogP contribution < -0.4 is 20.5 Å². The molecule has 0 spiro atoms. The number of pyridine rings is 1. The van der Waals surface area contributed by atoms with Crippen molar-refractivity contribution in [3.8, 4) is 0 Å². The summed E-state index contributed by atoms with van der Waals surface area (Å²) in [6.45, 7) is 7.00. The number of rotatable bonds is 3. The lowest BCUT2D eigenvalue weighted by Crippen LogP contribution is -2.40. The molecular formula is C17H17ClN6S. The predicted octanol–water partition coefficient (Wildman–Crippen LogP) is 1.70. The van der Waals surface area contributed by atoms with E-state index in [4.69, 9.17) is 11.6 Å². The summed E-state index contributed by atoms with van der Waals surface area (Å²) in [5.74, 6) is 1.73. The predicted molar refractivity (Wildman–Crippen MR) is 99.9 cm³/mol. The third-order valence-electron chi connectivity index (χ3n) is 4.18. The lowest BCUT2D eigenvalue weighted by molar-refractivity contribution is 0.749. The molecule has 0 unspecified atom stereocenters. The highest BCUT2D eigenvalue weighted by Crippen LogP contribution is 2.25. The van der Waals surface area contributed by atoms with Crippen molar-refractivity contribution in [1.82, 2.24) is 25.6 Å². The van der Waals surface area contributed by atoms with Gasteiger partial charge in [-0.1, -0.05) is 11.6 Å². The van der Waals surface area contributed by atoms with Crippen LogP contribution in [-0.4, -0.2) is 21.6 Å². The fraction of sp³-hybridized carbons (Fsp3) is 0.294. The summed E-state index contributed by atoms with van der Waals surface area (Å²) >= 11 is 8.02. The maximum Gasteiger partial charge on any atom is 0.126 e. The van der Waals surface area contributed by atoms with E-state index in [0.717, 1.165) is 48.6 Å². The minimum atomic E-state index is 0.524. The zero-order valence-corrected chi connectivity index (χ0v) is 15.7. The number of nitrogens with zero attached hydrogens (tertiary/aromatic N) is 4. The normalized spacial score (nSPS) is 13.4. The van der Waals surface area contributed by atoms with Crippen molar-refractivity contribution in [3.05, 3.63) is 50.0 Å². The van der Waals surface area contributed by atoms with Gasteiger partial charge < -0.3 is 10.6 Å². The molecule has 0 bridgehead atoms. The summed E-state index contributed by atoms with van der Waals surface area (Å²) in [7, 11) is 0. The van der Waals surface area contributed by atoms with E-state index >= 15 is 0 Å². The summed E-state index contributed by atoms with van der Waals surface area (Å²) in [4.78, 5) is 18.7. The van der Waals surface area contributed by atoms with E-state index in [1.165, 1.54) is 0 Å².